The molecule has 2 aromatic carbocycles. The zero-order chi connectivity index (χ0) is 18.0. The Kier molecular flexibility index (Phi) is 4.78. The van der Waals surface area contributed by atoms with E-state index in [4.69, 9.17) is 11.6 Å². The number of nitro benzene ring substituents is 1. The van der Waals surface area contributed by atoms with Crippen LogP contribution in [0.3, 0.4) is 0 Å². The van der Waals surface area contributed by atoms with Gasteiger partial charge in [0.2, 0.25) is 0 Å². The number of hydrogen-bond acceptors (Lipinski definition) is 5. The van der Waals surface area contributed by atoms with Gasteiger partial charge < -0.3 is 5.11 Å². The molecular weight excluding hydrogens is 364 g/mol. The molecule has 0 atom stereocenters. The van der Waals surface area contributed by atoms with Gasteiger partial charge in [-0.2, -0.15) is 0 Å². The number of hydrogen-bond donors (Lipinski definition) is 1. The first-order valence-corrected chi connectivity index (χ1v) is 8.36. The molecule has 0 radical (unpaired) electrons. The summed E-state index contributed by atoms with van der Waals surface area (Å²) in [5.41, 5.74) is 1.47. The highest BCUT2D eigenvalue weighted by molar-refractivity contribution is 7.19. The van der Waals surface area contributed by atoms with Crippen LogP contribution in [-0.4, -0.2) is 21.0 Å². The van der Waals surface area contributed by atoms with Crippen molar-refractivity contribution in [2.45, 2.75) is 6.42 Å². The number of non-ortho nitro benzene ring substituents is 1. The molecule has 0 bridgehead atoms. The Bertz CT molecular complexity index is 980. The molecule has 0 saturated carbocycles. The van der Waals surface area contributed by atoms with Crippen LogP contribution in [0.25, 0.3) is 21.9 Å². The molecule has 25 heavy (non-hydrogen) atoms. The minimum Gasteiger partial charge on any atom is -0.481 e. The largest absolute Gasteiger partial charge is 0.481 e. The Hall–Kier alpha value is -2.77. The highest BCUT2D eigenvalue weighted by Gasteiger charge is 2.15. The lowest BCUT2D eigenvalue weighted by Crippen LogP contribution is -1.97. The number of nitro groups is 1. The number of carbonyl (C=O) groups is 1. The first kappa shape index (κ1) is 17.1. The molecule has 3 aromatic rings. The van der Waals surface area contributed by atoms with E-state index in [1.165, 1.54) is 29.5 Å². The number of halogens is 1. The lowest BCUT2D eigenvalue weighted by molar-refractivity contribution is -0.384. The second kappa shape index (κ2) is 7.00. The summed E-state index contributed by atoms with van der Waals surface area (Å²) in [4.78, 5) is 26.1. The van der Waals surface area contributed by atoms with Crippen LogP contribution in [0.15, 0.2) is 42.5 Å². The fourth-order valence-electron chi connectivity index (χ4n) is 2.30. The predicted octanol–water partition coefficient (Wildman–Crippen LogP) is 4.87. The maximum Gasteiger partial charge on any atom is 0.307 e. The molecule has 0 amide bonds. The van der Waals surface area contributed by atoms with E-state index in [2.05, 4.69) is 4.98 Å². The molecule has 3 rings (SSSR count). The predicted molar refractivity (Wildman–Crippen MR) is 97.9 cm³/mol. The van der Waals surface area contributed by atoms with E-state index in [1.807, 2.05) is 24.3 Å². The smallest absolute Gasteiger partial charge is 0.307 e. The third-order valence-corrected chi connectivity index (χ3v) is 4.89. The summed E-state index contributed by atoms with van der Waals surface area (Å²) in [6.07, 6.45) is 1.28. The average Bonchev–Trinajstić information content (AvgIpc) is 2.99. The van der Waals surface area contributed by atoms with Crippen molar-refractivity contribution in [3.8, 4) is 0 Å². The van der Waals surface area contributed by atoms with Gasteiger partial charge in [-0.15, -0.1) is 11.3 Å². The van der Waals surface area contributed by atoms with Crippen molar-refractivity contribution >= 4 is 56.5 Å². The second-order valence-corrected chi connectivity index (χ2v) is 6.63. The molecular formula is C17H11ClN2O4S. The van der Waals surface area contributed by atoms with Gasteiger partial charge in [-0.05, 0) is 29.8 Å². The summed E-state index contributed by atoms with van der Waals surface area (Å²) in [6, 6.07) is 11.5. The summed E-state index contributed by atoms with van der Waals surface area (Å²) < 4.78 is 0.930. The van der Waals surface area contributed by atoms with Crippen molar-refractivity contribution in [2.75, 3.05) is 0 Å². The number of rotatable bonds is 5. The SMILES string of the molecule is O=C(O)C/C(=C\c1cc([N+](=O)[O-])ccc1Cl)c1nc2ccccc2s1. The zero-order valence-corrected chi connectivity index (χ0v) is 14.3. The van der Waals surface area contributed by atoms with E-state index in [0.717, 1.165) is 10.2 Å². The quantitative estimate of drug-likeness (QED) is 0.507. The van der Waals surface area contributed by atoms with Gasteiger partial charge in [-0.25, -0.2) is 4.98 Å². The topological polar surface area (TPSA) is 93.3 Å². The lowest BCUT2D eigenvalue weighted by Gasteiger charge is -2.03. The highest BCUT2D eigenvalue weighted by Crippen LogP contribution is 2.32. The molecule has 0 spiro atoms. The van der Waals surface area contributed by atoms with Crippen molar-refractivity contribution < 1.29 is 14.8 Å². The molecule has 0 unspecified atom stereocenters. The number of nitrogens with zero attached hydrogens (tertiary/aromatic N) is 2. The molecule has 126 valence electrons. The Morgan fingerprint density at radius 3 is 2.76 bits per heavy atom. The maximum atomic E-state index is 11.2. The summed E-state index contributed by atoms with van der Waals surface area (Å²) in [7, 11) is 0. The second-order valence-electron chi connectivity index (χ2n) is 5.19. The van der Waals surface area contributed by atoms with Crippen LogP contribution >= 0.6 is 22.9 Å². The number of aromatic nitrogens is 1. The Balaban J connectivity index is 2.12. The van der Waals surface area contributed by atoms with Crippen LogP contribution in [0.2, 0.25) is 5.02 Å². The molecule has 1 aromatic heterocycles. The number of para-hydroxylation sites is 1. The number of carboxylic acid groups (broad SMARTS) is 1. The van der Waals surface area contributed by atoms with Gasteiger partial charge in [0.25, 0.3) is 5.69 Å². The molecule has 0 fully saturated rings. The molecule has 0 aliphatic heterocycles. The third kappa shape index (κ3) is 3.84. The van der Waals surface area contributed by atoms with Gasteiger partial charge >= 0.3 is 5.97 Å². The summed E-state index contributed by atoms with van der Waals surface area (Å²) in [6.45, 7) is 0. The van der Waals surface area contributed by atoms with Crippen LogP contribution < -0.4 is 0 Å². The molecule has 6 nitrogen and oxygen atoms in total. The zero-order valence-electron chi connectivity index (χ0n) is 12.7. The Labute approximate surface area is 151 Å². The summed E-state index contributed by atoms with van der Waals surface area (Å²) in [5, 5.41) is 21.0. The van der Waals surface area contributed by atoms with Crippen molar-refractivity contribution in [1.82, 2.24) is 4.98 Å². The normalized spacial score (nSPS) is 11.6. The number of thiazole rings is 1. The number of aliphatic carboxylic acids is 1. The van der Waals surface area contributed by atoms with Crippen molar-refractivity contribution in [1.29, 1.82) is 0 Å². The van der Waals surface area contributed by atoms with Crippen molar-refractivity contribution in [3.63, 3.8) is 0 Å². The fourth-order valence-corrected chi connectivity index (χ4v) is 3.46. The van der Waals surface area contributed by atoms with Crippen molar-refractivity contribution in [2.24, 2.45) is 0 Å². The number of carboxylic acids is 1. The van der Waals surface area contributed by atoms with E-state index in [1.54, 1.807) is 6.08 Å². The van der Waals surface area contributed by atoms with Gasteiger partial charge in [0.1, 0.15) is 5.01 Å². The molecule has 8 heteroatoms. The highest BCUT2D eigenvalue weighted by atomic mass is 35.5. The third-order valence-electron chi connectivity index (χ3n) is 3.43. The van der Waals surface area contributed by atoms with Gasteiger partial charge in [-0.1, -0.05) is 23.7 Å². The van der Waals surface area contributed by atoms with Gasteiger partial charge in [0.05, 0.1) is 21.6 Å². The van der Waals surface area contributed by atoms with Gasteiger partial charge in [0, 0.05) is 22.7 Å². The number of fused-ring (bicyclic) bond motifs is 1. The van der Waals surface area contributed by atoms with E-state index >= 15 is 0 Å². The average molecular weight is 375 g/mol. The molecule has 0 saturated heterocycles. The van der Waals surface area contributed by atoms with E-state index < -0.39 is 10.9 Å². The first-order chi connectivity index (χ1) is 11.9. The van der Waals surface area contributed by atoms with Crippen LogP contribution in [0.5, 0.6) is 0 Å². The van der Waals surface area contributed by atoms with Crippen LogP contribution in [0.1, 0.15) is 17.0 Å². The van der Waals surface area contributed by atoms with Crippen molar-refractivity contribution in [3.05, 3.63) is 68.2 Å². The minimum atomic E-state index is -1.02. The van der Waals surface area contributed by atoms with Gasteiger partial charge in [-0.3, -0.25) is 14.9 Å². The molecule has 1 N–H and O–H groups in total. The summed E-state index contributed by atoms with van der Waals surface area (Å²) in [5.74, 6) is -1.02. The number of benzene rings is 2. The van der Waals surface area contributed by atoms with Crippen LogP contribution in [-0.2, 0) is 4.79 Å². The lowest BCUT2D eigenvalue weighted by atomic mass is 10.1. The van der Waals surface area contributed by atoms with E-state index in [0.29, 0.717) is 21.2 Å². The molecule has 1 heterocycles. The Morgan fingerprint density at radius 2 is 2.08 bits per heavy atom. The molecule has 0 aliphatic carbocycles. The standard InChI is InChI=1S/C17H11ClN2O4S/c18-13-6-5-12(20(23)24)8-10(13)7-11(9-16(21)22)17-19-14-3-1-2-4-15(14)25-17/h1-8H,9H2,(H,21,22)/b11-7+. The fraction of sp³-hybridized carbons (Fsp3) is 0.0588. The summed E-state index contributed by atoms with van der Waals surface area (Å²) >= 11 is 7.48. The van der Waals surface area contributed by atoms with Gasteiger partial charge in [0.15, 0.2) is 0 Å². The Morgan fingerprint density at radius 1 is 1.32 bits per heavy atom. The van der Waals surface area contributed by atoms with Crippen LogP contribution in [0.4, 0.5) is 5.69 Å². The maximum absolute atomic E-state index is 11.2. The van der Waals surface area contributed by atoms with E-state index in [9.17, 15) is 20.0 Å². The first-order valence-electron chi connectivity index (χ1n) is 7.16. The monoisotopic (exact) mass is 374 g/mol. The van der Waals surface area contributed by atoms with E-state index in [-0.39, 0.29) is 12.1 Å². The van der Waals surface area contributed by atoms with Crippen LogP contribution in [0, 0.1) is 10.1 Å². The molecule has 0 aliphatic rings. The minimum absolute atomic E-state index is 0.116.